The van der Waals surface area contributed by atoms with E-state index in [2.05, 4.69) is 4.98 Å². The quantitative estimate of drug-likeness (QED) is 0.752. The molecule has 1 rings (SSSR count). The highest BCUT2D eigenvalue weighted by molar-refractivity contribution is 5.32. The molecule has 0 N–H and O–H groups in total. The van der Waals surface area contributed by atoms with E-state index in [9.17, 15) is 13.2 Å². The van der Waals surface area contributed by atoms with Crippen LogP contribution in [0.2, 0.25) is 0 Å². The lowest BCUT2D eigenvalue weighted by Crippen LogP contribution is -2.02. The first-order valence-electron chi connectivity index (χ1n) is 3.84. The van der Waals surface area contributed by atoms with Gasteiger partial charge in [0.1, 0.15) is 6.07 Å². The Morgan fingerprint density at radius 1 is 1.40 bits per heavy atom. The third-order valence-corrected chi connectivity index (χ3v) is 1.68. The molecular weight excluding hydrogens is 207 g/mol. The van der Waals surface area contributed by atoms with Gasteiger partial charge in [0, 0.05) is 5.56 Å². The third kappa shape index (κ3) is 2.23. The van der Waals surface area contributed by atoms with Crippen molar-refractivity contribution < 1.29 is 13.2 Å². The smallest absolute Gasteiger partial charge is 0.238 e. The Hall–Kier alpha value is -2.08. The highest BCUT2D eigenvalue weighted by atomic mass is 19.3. The van der Waals surface area contributed by atoms with E-state index in [4.69, 9.17) is 10.5 Å². The fourth-order valence-corrected chi connectivity index (χ4v) is 1.02. The molecule has 15 heavy (non-hydrogen) atoms. The molecule has 0 saturated carbocycles. The van der Waals surface area contributed by atoms with Crippen LogP contribution < -0.4 is 0 Å². The van der Waals surface area contributed by atoms with Crippen molar-refractivity contribution in [3.8, 4) is 12.1 Å². The summed E-state index contributed by atoms with van der Waals surface area (Å²) in [6.45, 7) is 0. The summed E-state index contributed by atoms with van der Waals surface area (Å²) in [6, 6.07) is 3.59. The van der Waals surface area contributed by atoms with Crippen molar-refractivity contribution >= 4 is 0 Å². The van der Waals surface area contributed by atoms with Crippen molar-refractivity contribution in [2.45, 2.75) is 12.8 Å². The third-order valence-electron chi connectivity index (χ3n) is 1.68. The summed E-state index contributed by atoms with van der Waals surface area (Å²) in [4.78, 5) is 3.36. The van der Waals surface area contributed by atoms with Crippen LogP contribution in [-0.2, 0) is 6.42 Å². The molecule has 0 aliphatic rings. The van der Waals surface area contributed by atoms with E-state index in [1.54, 1.807) is 6.07 Å². The van der Waals surface area contributed by atoms with Gasteiger partial charge in [-0.1, -0.05) is 0 Å². The van der Waals surface area contributed by atoms with Crippen LogP contribution >= 0.6 is 0 Å². The molecule has 1 heterocycles. The maximum atomic E-state index is 12.9. The molecule has 3 nitrogen and oxygen atoms in total. The molecule has 0 aliphatic heterocycles. The number of aromatic nitrogens is 1. The monoisotopic (exact) mass is 211 g/mol. The maximum absolute atomic E-state index is 12.9. The van der Waals surface area contributed by atoms with Gasteiger partial charge in [0.15, 0.2) is 11.5 Å². The highest BCUT2D eigenvalue weighted by Gasteiger charge is 2.18. The molecule has 1 aromatic rings. The second-order valence-corrected chi connectivity index (χ2v) is 2.60. The lowest BCUT2D eigenvalue weighted by atomic mass is 10.1. The zero-order valence-electron chi connectivity index (χ0n) is 7.34. The fraction of sp³-hybridized carbons (Fsp3) is 0.222. The SMILES string of the molecule is N#CCc1nc(C#N)c(F)cc1C(F)F. The molecule has 0 aliphatic carbocycles. The van der Waals surface area contributed by atoms with Crippen molar-refractivity contribution in [3.63, 3.8) is 0 Å². The lowest BCUT2D eigenvalue weighted by Gasteiger charge is -2.05. The molecule has 0 saturated heterocycles. The number of rotatable bonds is 2. The summed E-state index contributed by atoms with van der Waals surface area (Å²) in [6.07, 6.45) is -3.29. The van der Waals surface area contributed by atoms with E-state index in [1.807, 2.05) is 0 Å². The van der Waals surface area contributed by atoms with E-state index >= 15 is 0 Å². The molecule has 1 aromatic heterocycles. The standard InChI is InChI=1S/C9H4F3N3/c10-6-3-5(9(11)12)7(1-2-13)15-8(6)4-14/h3,9H,1H2. The van der Waals surface area contributed by atoms with Crippen LogP contribution in [0.4, 0.5) is 13.2 Å². The number of halogens is 3. The molecular formula is C9H4F3N3. The van der Waals surface area contributed by atoms with E-state index in [1.165, 1.54) is 6.07 Å². The zero-order chi connectivity index (χ0) is 11.4. The van der Waals surface area contributed by atoms with E-state index < -0.39 is 23.5 Å². The largest absolute Gasteiger partial charge is 0.265 e. The van der Waals surface area contributed by atoms with Crippen molar-refractivity contribution in [1.29, 1.82) is 10.5 Å². The Bertz CT molecular complexity index is 457. The zero-order valence-corrected chi connectivity index (χ0v) is 7.34. The Kier molecular flexibility index (Phi) is 3.25. The molecule has 0 bridgehead atoms. The van der Waals surface area contributed by atoms with Crippen molar-refractivity contribution in [2.24, 2.45) is 0 Å². The molecule has 0 unspecified atom stereocenters. The first kappa shape index (κ1) is 11.0. The van der Waals surface area contributed by atoms with Gasteiger partial charge in [-0.15, -0.1) is 0 Å². The van der Waals surface area contributed by atoms with Crippen LogP contribution in [0.3, 0.4) is 0 Å². The van der Waals surface area contributed by atoms with Crippen LogP contribution in [-0.4, -0.2) is 4.98 Å². The molecule has 76 valence electrons. The Morgan fingerprint density at radius 2 is 2.07 bits per heavy atom. The van der Waals surface area contributed by atoms with Crippen LogP contribution in [0, 0.1) is 28.5 Å². The molecule has 0 radical (unpaired) electrons. The van der Waals surface area contributed by atoms with Gasteiger partial charge < -0.3 is 0 Å². The summed E-state index contributed by atoms with van der Waals surface area (Å²) in [5.41, 5.74) is -1.48. The second kappa shape index (κ2) is 4.43. The van der Waals surface area contributed by atoms with Crippen molar-refractivity contribution in [3.05, 3.63) is 28.8 Å². The number of nitrogens with zero attached hydrogens (tertiary/aromatic N) is 3. The predicted octanol–water partition coefficient (Wildman–Crippen LogP) is 2.10. The van der Waals surface area contributed by atoms with Crippen LogP contribution in [0.5, 0.6) is 0 Å². The number of hydrogen-bond donors (Lipinski definition) is 0. The fourth-order valence-electron chi connectivity index (χ4n) is 1.02. The molecule has 6 heteroatoms. The summed E-state index contributed by atoms with van der Waals surface area (Å²) >= 11 is 0. The number of hydrogen-bond acceptors (Lipinski definition) is 3. The summed E-state index contributed by atoms with van der Waals surface area (Å²) < 4.78 is 37.7. The molecule has 0 atom stereocenters. The van der Waals surface area contributed by atoms with Gasteiger partial charge in [0.2, 0.25) is 0 Å². The minimum absolute atomic E-state index is 0.259. The average molecular weight is 211 g/mol. The van der Waals surface area contributed by atoms with E-state index in [0.29, 0.717) is 6.07 Å². The van der Waals surface area contributed by atoms with Gasteiger partial charge in [0.25, 0.3) is 6.43 Å². The van der Waals surface area contributed by atoms with Gasteiger partial charge in [-0.2, -0.15) is 10.5 Å². The minimum atomic E-state index is -2.91. The van der Waals surface area contributed by atoms with Gasteiger partial charge in [-0.25, -0.2) is 18.2 Å². The highest BCUT2D eigenvalue weighted by Crippen LogP contribution is 2.23. The van der Waals surface area contributed by atoms with Crippen LogP contribution in [0.1, 0.15) is 23.4 Å². The van der Waals surface area contributed by atoms with Gasteiger partial charge in [-0.3, -0.25) is 0 Å². The van der Waals surface area contributed by atoms with E-state index in [-0.39, 0.29) is 12.1 Å². The average Bonchev–Trinajstić information content (AvgIpc) is 2.20. The minimum Gasteiger partial charge on any atom is -0.238 e. The normalized spacial score (nSPS) is 9.73. The topological polar surface area (TPSA) is 60.5 Å². The Labute approximate surface area is 83.4 Å². The predicted molar refractivity (Wildman–Crippen MR) is 43.2 cm³/mol. The van der Waals surface area contributed by atoms with Gasteiger partial charge in [0.05, 0.1) is 18.2 Å². The van der Waals surface area contributed by atoms with Gasteiger partial charge >= 0.3 is 0 Å². The molecule has 0 amide bonds. The first-order valence-corrected chi connectivity index (χ1v) is 3.84. The lowest BCUT2D eigenvalue weighted by molar-refractivity contribution is 0.149. The molecule has 0 spiro atoms. The summed E-state index contributed by atoms with van der Waals surface area (Å²) in [5, 5.41) is 16.8. The number of pyridine rings is 1. The van der Waals surface area contributed by atoms with Crippen molar-refractivity contribution in [1.82, 2.24) is 4.98 Å². The van der Waals surface area contributed by atoms with Gasteiger partial charge in [-0.05, 0) is 6.07 Å². The Morgan fingerprint density at radius 3 is 2.53 bits per heavy atom. The molecule has 0 aromatic carbocycles. The van der Waals surface area contributed by atoms with Crippen LogP contribution in [0.15, 0.2) is 6.07 Å². The maximum Gasteiger partial charge on any atom is 0.265 e. The first-order chi connectivity index (χ1) is 7.10. The number of nitriles is 2. The summed E-state index contributed by atoms with van der Waals surface area (Å²) in [5.74, 6) is -1.10. The second-order valence-electron chi connectivity index (χ2n) is 2.60. The molecule has 0 fully saturated rings. The number of alkyl halides is 2. The van der Waals surface area contributed by atoms with Crippen LogP contribution in [0.25, 0.3) is 0 Å². The summed E-state index contributed by atoms with van der Waals surface area (Å²) in [7, 11) is 0. The Balaban J connectivity index is 3.35. The van der Waals surface area contributed by atoms with Crippen molar-refractivity contribution in [2.75, 3.05) is 0 Å². The van der Waals surface area contributed by atoms with E-state index in [0.717, 1.165) is 0 Å².